The number of nitrogens with zero attached hydrogens (tertiary/aromatic N) is 4. The van der Waals surface area contributed by atoms with Crippen LogP contribution in [0.5, 0.6) is 0 Å². The first-order valence-electron chi connectivity index (χ1n) is 4.79. The summed E-state index contributed by atoms with van der Waals surface area (Å²) in [5.74, 6) is 0.760. The Morgan fingerprint density at radius 1 is 1.56 bits per heavy atom. The Hall–Kier alpha value is -1.76. The minimum absolute atomic E-state index is 0.183. The van der Waals surface area contributed by atoms with E-state index >= 15 is 0 Å². The van der Waals surface area contributed by atoms with Crippen LogP contribution in [0.4, 0.5) is 0 Å². The van der Waals surface area contributed by atoms with Crippen LogP contribution < -0.4 is 5.56 Å². The molecule has 2 rings (SSSR count). The first-order valence-corrected chi connectivity index (χ1v) is 5.20. The van der Waals surface area contributed by atoms with Crippen molar-refractivity contribution in [2.45, 2.75) is 13.0 Å². The largest absolute Gasteiger partial charge is 0.325 e. The van der Waals surface area contributed by atoms with Gasteiger partial charge in [-0.25, -0.2) is 4.98 Å². The highest BCUT2D eigenvalue weighted by Crippen LogP contribution is 1.94. The maximum atomic E-state index is 11.0. The zero-order valence-corrected chi connectivity index (χ0v) is 9.57. The van der Waals surface area contributed by atoms with Crippen LogP contribution >= 0.6 is 12.2 Å². The molecule has 2 heterocycles. The van der Waals surface area contributed by atoms with Crippen molar-refractivity contribution in [3.05, 3.63) is 39.5 Å². The lowest BCUT2D eigenvalue weighted by Gasteiger charge is -2.03. The van der Waals surface area contributed by atoms with E-state index in [0.29, 0.717) is 17.7 Å². The lowest BCUT2D eigenvalue weighted by molar-refractivity contribution is 0.635. The van der Waals surface area contributed by atoms with E-state index in [0.717, 1.165) is 5.82 Å². The van der Waals surface area contributed by atoms with Crippen molar-refractivity contribution < 1.29 is 0 Å². The monoisotopic (exact) mass is 237 g/mol. The van der Waals surface area contributed by atoms with E-state index in [-0.39, 0.29) is 5.56 Å². The number of aromatic nitrogens is 5. The Morgan fingerprint density at radius 3 is 3.00 bits per heavy atom. The van der Waals surface area contributed by atoms with Gasteiger partial charge in [-0.05, 0) is 12.2 Å². The molecule has 0 unspecified atom stereocenters. The summed E-state index contributed by atoms with van der Waals surface area (Å²) in [5.41, 5.74) is -0.183. The molecule has 0 spiro atoms. The molecule has 0 atom stereocenters. The Morgan fingerprint density at radius 2 is 2.38 bits per heavy atom. The molecule has 0 fully saturated rings. The van der Waals surface area contributed by atoms with Crippen LogP contribution in [0.15, 0.2) is 23.4 Å². The standard InChI is InChI=1S/C9H11N5OS/c1-13-6-10-7(12-13)2-4-14-5-3-8(15)11-9(14)16/h3,5-6H,2,4H2,1H3,(H,11,15,16). The van der Waals surface area contributed by atoms with Crippen molar-refractivity contribution in [2.24, 2.45) is 7.05 Å². The third kappa shape index (κ3) is 2.43. The molecule has 2 aromatic rings. The molecule has 0 aliphatic rings. The number of nitrogens with one attached hydrogen (secondary N) is 1. The Labute approximate surface area is 96.6 Å². The minimum Gasteiger partial charge on any atom is -0.325 e. The summed E-state index contributed by atoms with van der Waals surface area (Å²) in [5, 5.41) is 4.16. The van der Waals surface area contributed by atoms with Gasteiger partial charge in [-0.2, -0.15) is 5.10 Å². The van der Waals surface area contributed by atoms with Gasteiger partial charge in [0.2, 0.25) is 0 Å². The summed E-state index contributed by atoms with van der Waals surface area (Å²) in [7, 11) is 1.82. The normalized spacial score (nSPS) is 10.6. The molecule has 0 aliphatic carbocycles. The van der Waals surface area contributed by atoms with Crippen molar-refractivity contribution in [3.8, 4) is 0 Å². The molecule has 2 aromatic heterocycles. The molecule has 0 bridgehead atoms. The zero-order valence-electron chi connectivity index (χ0n) is 8.75. The first-order chi connectivity index (χ1) is 7.65. The molecule has 16 heavy (non-hydrogen) atoms. The molecule has 7 heteroatoms. The number of hydrogen-bond acceptors (Lipinski definition) is 4. The summed E-state index contributed by atoms with van der Waals surface area (Å²) in [6.07, 6.45) is 4.01. The summed E-state index contributed by atoms with van der Waals surface area (Å²) >= 11 is 5.02. The quantitative estimate of drug-likeness (QED) is 0.778. The van der Waals surface area contributed by atoms with Crippen molar-refractivity contribution in [1.82, 2.24) is 24.3 Å². The molecule has 0 aromatic carbocycles. The SMILES string of the molecule is Cn1cnc(CCn2ccc(=O)[nH]c2=S)n1. The van der Waals surface area contributed by atoms with Gasteiger partial charge in [0, 0.05) is 32.3 Å². The molecule has 0 radical (unpaired) electrons. The van der Waals surface area contributed by atoms with Gasteiger partial charge in [0.1, 0.15) is 6.33 Å². The summed E-state index contributed by atoms with van der Waals surface area (Å²) in [6, 6.07) is 1.45. The molecule has 84 valence electrons. The Kier molecular flexibility index (Phi) is 2.95. The van der Waals surface area contributed by atoms with Gasteiger partial charge in [0.05, 0.1) is 0 Å². The van der Waals surface area contributed by atoms with Crippen LogP contribution in [-0.4, -0.2) is 24.3 Å². The topological polar surface area (TPSA) is 68.5 Å². The molecule has 0 saturated heterocycles. The van der Waals surface area contributed by atoms with E-state index in [1.54, 1.807) is 21.8 Å². The summed E-state index contributed by atoms with van der Waals surface area (Å²) < 4.78 is 3.86. The Balaban J connectivity index is 2.10. The average molecular weight is 237 g/mol. The second kappa shape index (κ2) is 4.40. The fourth-order valence-corrected chi connectivity index (χ4v) is 1.59. The molecule has 0 amide bonds. The second-order valence-corrected chi connectivity index (χ2v) is 3.77. The molecule has 1 N–H and O–H groups in total. The molecule has 6 nitrogen and oxygen atoms in total. The number of aromatic amines is 1. The fourth-order valence-electron chi connectivity index (χ4n) is 1.34. The van der Waals surface area contributed by atoms with Gasteiger partial charge in [-0.3, -0.25) is 14.5 Å². The molecule has 0 aliphatic heterocycles. The van der Waals surface area contributed by atoms with Gasteiger partial charge >= 0.3 is 0 Å². The van der Waals surface area contributed by atoms with Gasteiger partial charge in [-0.1, -0.05) is 0 Å². The Bertz CT molecular complexity index is 596. The number of H-pyrrole nitrogens is 1. The van der Waals surface area contributed by atoms with E-state index in [2.05, 4.69) is 15.1 Å². The number of rotatable bonds is 3. The van der Waals surface area contributed by atoms with Crippen LogP contribution in [0.1, 0.15) is 5.82 Å². The third-order valence-electron chi connectivity index (χ3n) is 2.12. The highest BCUT2D eigenvalue weighted by molar-refractivity contribution is 7.71. The predicted molar refractivity (Wildman–Crippen MR) is 60.6 cm³/mol. The number of hydrogen-bond donors (Lipinski definition) is 1. The van der Waals surface area contributed by atoms with Gasteiger partial charge in [0.25, 0.3) is 5.56 Å². The van der Waals surface area contributed by atoms with Crippen LogP contribution in [0, 0.1) is 4.77 Å². The summed E-state index contributed by atoms with van der Waals surface area (Å²) in [6.45, 7) is 0.652. The van der Waals surface area contributed by atoms with Gasteiger partial charge in [0.15, 0.2) is 10.6 Å². The van der Waals surface area contributed by atoms with Crippen molar-refractivity contribution in [2.75, 3.05) is 0 Å². The maximum Gasteiger partial charge on any atom is 0.251 e. The van der Waals surface area contributed by atoms with E-state index in [1.165, 1.54) is 6.07 Å². The predicted octanol–water partition coefficient (Wildman–Crippen LogP) is 0.277. The van der Waals surface area contributed by atoms with E-state index in [1.807, 2.05) is 7.05 Å². The average Bonchev–Trinajstić information content (AvgIpc) is 2.63. The third-order valence-corrected chi connectivity index (χ3v) is 2.46. The molecular formula is C9H11N5OS. The second-order valence-electron chi connectivity index (χ2n) is 3.39. The fraction of sp³-hybridized carbons (Fsp3) is 0.333. The maximum absolute atomic E-state index is 11.0. The van der Waals surface area contributed by atoms with Crippen LogP contribution in [0.25, 0.3) is 0 Å². The van der Waals surface area contributed by atoms with E-state index in [4.69, 9.17) is 12.2 Å². The molecular weight excluding hydrogens is 226 g/mol. The smallest absolute Gasteiger partial charge is 0.251 e. The zero-order chi connectivity index (χ0) is 11.5. The van der Waals surface area contributed by atoms with Gasteiger partial charge in [-0.15, -0.1) is 0 Å². The van der Waals surface area contributed by atoms with Crippen molar-refractivity contribution in [1.29, 1.82) is 0 Å². The highest BCUT2D eigenvalue weighted by atomic mass is 32.1. The van der Waals surface area contributed by atoms with Crippen LogP contribution in [0.3, 0.4) is 0 Å². The highest BCUT2D eigenvalue weighted by Gasteiger charge is 1.99. The van der Waals surface area contributed by atoms with Crippen LogP contribution in [0.2, 0.25) is 0 Å². The van der Waals surface area contributed by atoms with E-state index < -0.39 is 0 Å². The number of aryl methyl sites for hydroxylation is 3. The lowest BCUT2D eigenvalue weighted by atomic mass is 10.4. The van der Waals surface area contributed by atoms with E-state index in [9.17, 15) is 4.79 Å². The first kappa shape index (κ1) is 10.7. The van der Waals surface area contributed by atoms with Crippen molar-refractivity contribution in [3.63, 3.8) is 0 Å². The van der Waals surface area contributed by atoms with Crippen molar-refractivity contribution >= 4 is 12.2 Å². The van der Waals surface area contributed by atoms with Gasteiger partial charge < -0.3 is 4.57 Å². The van der Waals surface area contributed by atoms with Crippen LogP contribution in [-0.2, 0) is 20.0 Å². The lowest BCUT2D eigenvalue weighted by Crippen LogP contribution is -2.12. The molecule has 0 saturated carbocycles. The summed E-state index contributed by atoms with van der Waals surface area (Å²) in [4.78, 5) is 17.6. The minimum atomic E-state index is -0.183.